The Morgan fingerprint density at radius 2 is 1.75 bits per heavy atom. The van der Waals surface area contributed by atoms with Crippen LogP contribution in [0.4, 0.5) is 5.69 Å². The summed E-state index contributed by atoms with van der Waals surface area (Å²) in [5.41, 5.74) is 1.10. The second kappa shape index (κ2) is 4.91. The van der Waals surface area contributed by atoms with Gasteiger partial charge in [-0.25, -0.2) is 0 Å². The number of anilines is 1. The number of benzene rings is 1. The maximum Gasteiger partial charge on any atom is 0.226 e. The van der Waals surface area contributed by atoms with Crippen LogP contribution in [-0.4, -0.2) is 50.9 Å². The maximum atomic E-state index is 5.91. The number of hydrogen-bond acceptors (Lipinski definition) is 5. The van der Waals surface area contributed by atoms with E-state index < -0.39 is 0 Å². The highest BCUT2D eigenvalue weighted by Gasteiger charge is 2.38. The minimum absolute atomic E-state index is 0.104. The number of ether oxygens (including phenoxy) is 4. The molecule has 0 saturated carbocycles. The van der Waals surface area contributed by atoms with E-state index in [0.717, 1.165) is 37.7 Å². The van der Waals surface area contributed by atoms with Gasteiger partial charge in [0.25, 0.3) is 0 Å². The van der Waals surface area contributed by atoms with Gasteiger partial charge in [-0.1, -0.05) is 12.1 Å². The summed E-state index contributed by atoms with van der Waals surface area (Å²) < 4.78 is 22.0. The van der Waals surface area contributed by atoms with E-state index in [-0.39, 0.29) is 12.4 Å². The molecule has 5 nitrogen and oxygen atoms in total. The molecular formula is C15H19NO4. The molecule has 4 atom stereocenters. The number of rotatable bonds is 7. The van der Waals surface area contributed by atoms with Crippen molar-refractivity contribution in [1.82, 2.24) is 0 Å². The Hall–Kier alpha value is -1.30. The highest BCUT2D eigenvalue weighted by atomic mass is 16.8. The van der Waals surface area contributed by atoms with Gasteiger partial charge in [0, 0.05) is 13.1 Å². The fourth-order valence-electron chi connectivity index (χ4n) is 2.34. The van der Waals surface area contributed by atoms with Crippen LogP contribution >= 0.6 is 0 Å². The van der Waals surface area contributed by atoms with E-state index in [0.29, 0.717) is 12.2 Å². The molecule has 108 valence electrons. The van der Waals surface area contributed by atoms with Gasteiger partial charge in [0.05, 0.1) is 31.1 Å². The summed E-state index contributed by atoms with van der Waals surface area (Å²) >= 11 is 0. The maximum absolute atomic E-state index is 5.91. The lowest BCUT2D eigenvalue weighted by Crippen LogP contribution is -2.32. The summed E-state index contributed by atoms with van der Waals surface area (Å²) in [4.78, 5) is 2.30. The van der Waals surface area contributed by atoms with E-state index in [1.165, 1.54) is 0 Å². The molecule has 5 heteroatoms. The second-order valence-electron chi connectivity index (χ2n) is 5.61. The van der Waals surface area contributed by atoms with Crippen molar-refractivity contribution in [1.29, 1.82) is 0 Å². The van der Waals surface area contributed by atoms with Gasteiger partial charge in [-0.3, -0.25) is 0 Å². The topological polar surface area (TPSA) is 50.1 Å². The van der Waals surface area contributed by atoms with Crippen molar-refractivity contribution in [3.05, 3.63) is 24.3 Å². The van der Waals surface area contributed by atoms with Crippen molar-refractivity contribution in [3.63, 3.8) is 0 Å². The Morgan fingerprint density at radius 3 is 2.30 bits per heavy atom. The fourth-order valence-corrected chi connectivity index (χ4v) is 2.34. The molecule has 1 aromatic rings. The normalized spacial score (nSPS) is 33.6. The molecule has 0 aromatic heterocycles. The van der Waals surface area contributed by atoms with Crippen LogP contribution < -0.4 is 9.64 Å². The van der Waals surface area contributed by atoms with Crippen molar-refractivity contribution >= 4 is 5.69 Å². The highest BCUT2D eigenvalue weighted by molar-refractivity contribution is 5.59. The molecule has 3 aliphatic heterocycles. The molecule has 3 heterocycles. The molecule has 0 spiro atoms. The van der Waals surface area contributed by atoms with Crippen LogP contribution in [0.15, 0.2) is 24.3 Å². The van der Waals surface area contributed by atoms with Crippen LogP contribution in [0.2, 0.25) is 0 Å². The SMILES string of the molecule is CC1OC1Oc1ccccc1N(CC1CO1)CC1CO1. The monoisotopic (exact) mass is 277 g/mol. The quantitative estimate of drug-likeness (QED) is 0.705. The van der Waals surface area contributed by atoms with Crippen molar-refractivity contribution in [3.8, 4) is 5.75 Å². The van der Waals surface area contributed by atoms with E-state index in [4.69, 9.17) is 18.9 Å². The second-order valence-corrected chi connectivity index (χ2v) is 5.61. The lowest BCUT2D eigenvalue weighted by atomic mass is 10.2. The lowest BCUT2D eigenvalue weighted by molar-refractivity contribution is 0.179. The average molecular weight is 277 g/mol. The van der Waals surface area contributed by atoms with Gasteiger partial charge in [-0.2, -0.15) is 0 Å². The van der Waals surface area contributed by atoms with Crippen LogP contribution in [0.3, 0.4) is 0 Å². The van der Waals surface area contributed by atoms with E-state index in [1.54, 1.807) is 0 Å². The number of nitrogens with zero attached hydrogens (tertiary/aromatic N) is 1. The van der Waals surface area contributed by atoms with Gasteiger partial charge in [0.1, 0.15) is 11.9 Å². The number of para-hydroxylation sites is 2. The summed E-state index contributed by atoms with van der Waals surface area (Å²) in [7, 11) is 0. The number of epoxide rings is 3. The average Bonchev–Trinajstić information content (AvgIpc) is 3.27. The third-order valence-corrected chi connectivity index (χ3v) is 3.76. The molecule has 0 N–H and O–H groups in total. The molecule has 3 aliphatic rings. The van der Waals surface area contributed by atoms with Crippen LogP contribution in [0, 0.1) is 0 Å². The zero-order valence-corrected chi connectivity index (χ0v) is 11.5. The molecule has 1 aromatic carbocycles. The molecule has 4 unspecified atom stereocenters. The Bertz CT molecular complexity index is 473. The Morgan fingerprint density at radius 1 is 1.15 bits per heavy atom. The first-order chi connectivity index (χ1) is 9.79. The molecule has 4 rings (SSSR count). The molecule has 0 radical (unpaired) electrons. The van der Waals surface area contributed by atoms with Gasteiger partial charge in [-0.05, 0) is 19.1 Å². The number of hydrogen-bond donors (Lipinski definition) is 0. The van der Waals surface area contributed by atoms with E-state index in [1.807, 2.05) is 25.1 Å². The lowest BCUT2D eigenvalue weighted by Gasteiger charge is -2.25. The van der Waals surface area contributed by atoms with Gasteiger partial charge < -0.3 is 23.8 Å². The van der Waals surface area contributed by atoms with Crippen LogP contribution in [-0.2, 0) is 14.2 Å². The Balaban J connectivity index is 1.52. The summed E-state index contributed by atoms with van der Waals surface area (Å²) in [6, 6.07) is 8.12. The third-order valence-electron chi connectivity index (χ3n) is 3.76. The van der Waals surface area contributed by atoms with Crippen molar-refractivity contribution < 1.29 is 18.9 Å². The van der Waals surface area contributed by atoms with Crippen molar-refractivity contribution in [2.75, 3.05) is 31.2 Å². The van der Waals surface area contributed by atoms with Crippen LogP contribution in [0.25, 0.3) is 0 Å². The first-order valence-electron chi connectivity index (χ1n) is 7.19. The van der Waals surface area contributed by atoms with E-state index in [2.05, 4.69) is 11.0 Å². The smallest absolute Gasteiger partial charge is 0.226 e. The predicted octanol–water partition coefficient (Wildman–Crippen LogP) is 1.41. The van der Waals surface area contributed by atoms with Gasteiger partial charge >= 0.3 is 0 Å². The molecular weight excluding hydrogens is 258 g/mol. The van der Waals surface area contributed by atoms with Gasteiger partial charge in [0.15, 0.2) is 0 Å². The summed E-state index contributed by atoms with van der Waals surface area (Å²) in [5.74, 6) is 0.878. The van der Waals surface area contributed by atoms with E-state index in [9.17, 15) is 0 Å². The highest BCUT2D eigenvalue weighted by Crippen LogP contribution is 2.34. The zero-order valence-electron chi connectivity index (χ0n) is 11.5. The first-order valence-corrected chi connectivity index (χ1v) is 7.19. The zero-order chi connectivity index (χ0) is 13.5. The van der Waals surface area contributed by atoms with Gasteiger partial charge in [0.2, 0.25) is 6.29 Å². The predicted molar refractivity (Wildman–Crippen MR) is 73.1 cm³/mol. The minimum Gasteiger partial charge on any atom is -0.460 e. The van der Waals surface area contributed by atoms with Gasteiger partial charge in [-0.15, -0.1) is 0 Å². The van der Waals surface area contributed by atoms with E-state index >= 15 is 0 Å². The summed E-state index contributed by atoms with van der Waals surface area (Å²) in [6.07, 6.45) is 0.776. The Labute approximate surface area is 118 Å². The fraction of sp³-hybridized carbons (Fsp3) is 0.600. The molecule has 3 saturated heterocycles. The first kappa shape index (κ1) is 12.4. The summed E-state index contributed by atoms with van der Waals surface area (Å²) in [6.45, 7) is 5.51. The Kier molecular flexibility index (Phi) is 3.06. The summed E-state index contributed by atoms with van der Waals surface area (Å²) in [5, 5.41) is 0. The van der Waals surface area contributed by atoms with Crippen LogP contribution in [0.1, 0.15) is 6.92 Å². The minimum atomic E-state index is -0.104. The van der Waals surface area contributed by atoms with Crippen molar-refractivity contribution in [2.45, 2.75) is 31.5 Å². The standard InChI is InChI=1S/C15H19NO4/c1-10-15(19-10)20-14-5-3-2-4-13(14)16(6-11-8-17-11)7-12-9-18-12/h2-5,10-12,15H,6-9H2,1H3. The third kappa shape index (κ3) is 2.90. The van der Waals surface area contributed by atoms with Crippen molar-refractivity contribution in [2.24, 2.45) is 0 Å². The molecule has 0 aliphatic carbocycles. The molecule has 0 bridgehead atoms. The molecule has 20 heavy (non-hydrogen) atoms. The largest absolute Gasteiger partial charge is 0.460 e. The molecule has 0 amide bonds. The molecule has 3 fully saturated rings. The van der Waals surface area contributed by atoms with Crippen LogP contribution in [0.5, 0.6) is 5.75 Å².